The van der Waals surface area contributed by atoms with Gasteiger partial charge in [-0.3, -0.25) is 19.9 Å². The standard InChI is InChI=1S/C96H64N6/c1-5-23-85(81(19-1)65-33-41-69(42-34-65)91-29-9-13-53-97-91)75-59-76(86-24-6-2-20-82(86)66-35-43-70(44-36-66)92-30-10-14-54-98-92)62-79(61-75)89-27-17-28-90(95(89)73-49-51-74(52-50-73)96-101-57-18-58-102-96)80-63-77(87-25-7-3-21-83(87)67-37-45-71(46-38-67)93-31-11-15-55-99-93)60-78(64-80)88-26-8-4-22-84(88)68-39-47-72(48-40-68)94-32-12-16-56-100-94/h1-64H. The van der Waals surface area contributed by atoms with E-state index in [1.807, 2.05) is 79.4 Å². The average molecular weight is 1300 g/mol. The number of hydrogen-bond donors (Lipinski definition) is 0. The molecule has 5 aromatic heterocycles. The van der Waals surface area contributed by atoms with Gasteiger partial charge in [0.05, 0.1) is 22.8 Å². The van der Waals surface area contributed by atoms with Crippen molar-refractivity contribution in [2.45, 2.75) is 0 Å². The van der Waals surface area contributed by atoms with Crippen molar-refractivity contribution in [1.82, 2.24) is 29.9 Å². The third-order valence-electron chi connectivity index (χ3n) is 19.1. The summed E-state index contributed by atoms with van der Waals surface area (Å²) in [6.07, 6.45) is 11.0. The molecule has 17 rings (SSSR count). The molecule has 478 valence electrons. The molecule has 17 aromatic rings. The van der Waals surface area contributed by atoms with Gasteiger partial charge in [0, 0.05) is 65.0 Å². The van der Waals surface area contributed by atoms with Gasteiger partial charge in [0.2, 0.25) is 0 Å². The van der Waals surface area contributed by atoms with Crippen LogP contribution in [0.3, 0.4) is 0 Å². The molecule has 0 radical (unpaired) electrons. The fraction of sp³-hybridized carbons (Fsp3) is 0. The minimum Gasteiger partial charge on any atom is -0.256 e. The van der Waals surface area contributed by atoms with Crippen molar-refractivity contribution in [3.8, 4) is 179 Å². The summed E-state index contributed by atoms with van der Waals surface area (Å²) in [6.45, 7) is 0. The summed E-state index contributed by atoms with van der Waals surface area (Å²) < 4.78 is 0. The lowest BCUT2D eigenvalue weighted by molar-refractivity contribution is 1.18. The Morgan fingerprint density at radius 2 is 0.333 bits per heavy atom. The second-order valence-electron chi connectivity index (χ2n) is 25.3. The van der Waals surface area contributed by atoms with E-state index in [0.717, 1.165) is 173 Å². The predicted octanol–water partition coefficient (Wildman–Crippen LogP) is 24.7. The van der Waals surface area contributed by atoms with Gasteiger partial charge in [-0.25, -0.2) is 9.97 Å². The van der Waals surface area contributed by atoms with Gasteiger partial charge in [0.1, 0.15) is 0 Å². The molecule has 0 atom stereocenters. The third-order valence-corrected chi connectivity index (χ3v) is 19.1. The van der Waals surface area contributed by atoms with Crippen LogP contribution in [-0.4, -0.2) is 29.9 Å². The Morgan fingerprint density at radius 1 is 0.127 bits per heavy atom. The minimum absolute atomic E-state index is 0.664. The molecule has 0 N–H and O–H groups in total. The number of hydrogen-bond acceptors (Lipinski definition) is 6. The fourth-order valence-corrected chi connectivity index (χ4v) is 14.1. The van der Waals surface area contributed by atoms with E-state index >= 15 is 0 Å². The molecule has 0 fully saturated rings. The summed E-state index contributed by atoms with van der Waals surface area (Å²) in [5.41, 5.74) is 33.0. The Morgan fingerprint density at radius 3 is 0.598 bits per heavy atom. The minimum atomic E-state index is 0.664. The number of rotatable bonds is 16. The molecule has 0 unspecified atom stereocenters. The van der Waals surface area contributed by atoms with Gasteiger partial charge in [0.25, 0.3) is 0 Å². The lowest BCUT2D eigenvalue weighted by Crippen LogP contribution is -1.95. The van der Waals surface area contributed by atoms with E-state index in [4.69, 9.17) is 9.97 Å². The number of aromatic nitrogens is 6. The molecule has 12 aromatic carbocycles. The first-order chi connectivity index (χ1) is 50.6. The number of pyridine rings is 4. The topological polar surface area (TPSA) is 77.3 Å². The lowest BCUT2D eigenvalue weighted by Gasteiger charge is -2.21. The molecule has 0 saturated carbocycles. The van der Waals surface area contributed by atoms with Crippen LogP contribution in [0.25, 0.3) is 179 Å². The summed E-state index contributed by atoms with van der Waals surface area (Å²) >= 11 is 0. The maximum absolute atomic E-state index is 4.70. The molecule has 6 heteroatoms. The summed E-state index contributed by atoms with van der Waals surface area (Å²) in [7, 11) is 0. The first-order valence-electron chi connectivity index (χ1n) is 34.3. The van der Waals surface area contributed by atoms with Crippen LogP contribution in [0, 0.1) is 0 Å². The molecule has 5 heterocycles. The van der Waals surface area contributed by atoms with Crippen molar-refractivity contribution in [2.75, 3.05) is 0 Å². The van der Waals surface area contributed by atoms with Crippen LogP contribution in [0.2, 0.25) is 0 Å². The highest BCUT2D eigenvalue weighted by Crippen LogP contribution is 2.48. The van der Waals surface area contributed by atoms with Gasteiger partial charge >= 0.3 is 0 Å². The van der Waals surface area contributed by atoms with Crippen molar-refractivity contribution in [3.05, 3.63) is 389 Å². The SMILES string of the molecule is c1ccc(-c2ccc(-c3ccccc3-c3cc(-c4ccccc4-c4ccc(-c5ccccn5)cc4)cc(-c4cccc(-c5cc(-c6ccccc6-c6ccc(-c7ccccn7)cc6)cc(-c6ccccc6-c6ccc(-c7ccccn7)cc6)c5)c4-c4ccc(-c5ncccn5)cc4)c3)cc2)nc1. The first-order valence-corrected chi connectivity index (χ1v) is 34.3. The molecule has 0 aliphatic rings. The van der Waals surface area contributed by atoms with Gasteiger partial charge < -0.3 is 0 Å². The van der Waals surface area contributed by atoms with Crippen molar-refractivity contribution in [2.24, 2.45) is 0 Å². The third kappa shape index (κ3) is 12.7. The largest absolute Gasteiger partial charge is 0.256 e. The highest BCUT2D eigenvalue weighted by Gasteiger charge is 2.22. The van der Waals surface area contributed by atoms with Crippen molar-refractivity contribution >= 4 is 0 Å². The molecule has 0 aliphatic carbocycles. The van der Waals surface area contributed by atoms with Crippen LogP contribution in [-0.2, 0) is 0 Å². The van der Waals surface area contributed by atoms with Crippen molar-refractivity contribution < 1.29 is 0 Å². The quantitative estimate of drug-likeness (QED) is 0.0959. The van der Waals surface area contributed by atoms with Crippen molar-refractivity contribution in [1.29, 1.82) is 0 Å². The van der Waals surface area contributed by atoms with Crippen LogP contribution in [0.15, 0.2) is 389 Å². The van der Waals surface area contributed by atoms with Gasteiger partial charge in [-0.15, -0.1) is 0 Å². The van der Waals surface area contributed by atoms with Crippen LogP contribution in [0.4, 0.5) is 0 Å². The Hall–Kier alpha value is -13.7. The maximum atomic E-state index is 4.70. The molecule has 0 bridgehead atoms. The normalized spacial score (nSPS) is 11.1. The second-order valence-corrected chi connectivity index (χ2v) is 25.3. The van der Waals surface area contributed by atoms with Crippen LogP contribution in [0.1, 0.15) is 0 Å². The zero-order chi connectivity index (χ0) is 68.0. The first kappa shape index (κ1) is 61.9. The second kappa shape index (κ2) is 28.0. The van der Waals surface area contributed by atoms with Crippen molar-refractivity contribution in [3.63, 3.8) is 0 Å². The number of nitrogens with zero attached hydrogens (tertiary/aromatic N) is 6. The van der Waals surface area contributed by atoms with Crippen LogP contribution in [0.5, 0.6) is 0 Å². The monoisotopic (exact) mass is 1300 g/mol. The average Bonchev–Trinajstić information content (AvgIpc) is 0.756. The molecule has 0 spiro atoms. The van der Waals surface area contributed by atoms with E-state index in [1.165, 1.54) is 0 Å². The molecule has 102 heavy (non-hydrogen) atoms. The Labute approximate surface area is 594 Å². The van der Waals surface area contributed by atoms with Gasteiger partial charge in [-0.2, -0.15) is 0 Å². The van der Waals surface area contributed by atoms with Crippen LogP contribution < -0.4 is 0 Å². The van der Waals surface area contributed by atoms with Gasteiger partial charge in [-0.1, -0.05) is 261 Å². The van der Waals surface area contributed by atoms with E-state index in [9.17, 15) is 0 Å². The van der Waals surface area contributed by atoms with E-state index < -0.39 is 0 Å². The molecular weight excluding hydrogens is 1240 g/mol. The molecule has 0 amide bonds. The molecule has 0 aliphatic heterocycles. The van der Waals surface area contributed by atoms with E-state index in [-0.39, 0.29) is 0 Å². The predicted molar refractivity (Wildman–Crippen MR) is 420 cm³/mol. The highest BCUT2D eigenvalue weighted by atomic mass is 14.8. The summed E-state index contributed by atoms with van der Waals surface area (Å²) in [5.74, 6) is 0.664. The fourth-order valence-electron chi connectivity index (χ4n) is 14.1. The number of benzene rings is 12. The Kier molecular flexibility index (Phi) is 17.0. The van der Waals surface area contributed by atoms with Gasteiger partial charge in [-0.05, 0) is 213 Å². The Balaban J connectivity index is 0.890. The van der Waals surface area contributed by atoms with E-state index in [2.05, 4.69) is 317 Å². The van der Waals surface area contributed by atoms with E-state index in [1.54, 1.807) is 12.4 Å². The smallest absolute Gasteiger partial charge is 0.159 e. The molecule has 6 nitrogen and oxygen atoms in total. The summed E-state index contributed by atoms with van der Waals surface area (Å²) in [6, 6.07) is 127. The maximum Gasteiger partial charge on any atom is 0.159 e. The molecular formula is C96H64N6. The van der Waals surface area contributed by atoms with Crippen LogP contribution >= 0.6 is 0 Å². The Bertz CT molecular complexity index is 5190. The lowest BCUT2D eigenvalue weighted by atomic mass is 9.82. The zero-order valence-corrected chi connectivity index (χ0v) is 55.6. The summed E-state index contributed by atoms with van der Waals surface area (Å²) in [5, 5.41) is 0. The molecule has 0 saturated heterocycles. The summed E-state index contributed by atoms with van der Waals surface area (Å²) in [4.78, 5) is 28.2. The van der Waals surface area contributed by atoms with E-state index in [0.29, 0.717) is 5.82 Å². The van der Waals surface area contributed by atoms with Gasteiger partial charge in [0.15, 0.2) is 5.82 Å². The zero-order valence-electron chi connectivity index (χ0n) is 55.6. The highest BCUT2D eigenvalue weighted by molar-refractivity contribution is 6.01.